The van der Waals surface area contributed by atoms with E-state index in [1.807, 2.05) is 48.7 Å². The van der Waals surface area contributed by atoms with Gasteiger partial charge in [-0.15, -0.1) is 0 Å². The first kappa shape index (κ1) is 21.8. The van der Waals surface area contributed by atoms with E-state index in [9.17, 15) is 14.4 Å². The number of para-hydroxylation sites is 1. The van der Waals surface area contributed by atoms with Crippen LogP contribution in [0.4, 0.5) is 0 Å². The Morgan fingerprint density at radius 2 is 1.58 bits per heavy atom. The Morgan fingerprint density at radius 1 is 0.903 bits per heavy atom. The van der Waals surface area contributed by atoms with Crippen LogP contribution in [0.5, 0.6) is 5.75 Å². The number of hydrogen-bond acceptors (Lipinski definition) is 5. The van der Waals surface area contributed by atoms with Gasteiger partial charge >= 0.3 is 5.97 Å². The third-order valence-electron chi connectivity index (χ3n) is 4.92. The van der Waals surface area contributed by atoms with Gasteiger partial charge < -0.3 is 19.8 Å². The summed E-state index contributed by atoms with van der Waals surface area (Å²) in [5, 5.41) is 0. The summed E-state index contributed by atoms with van der Waals surface area (Å²) >= 11 is 0. The molecule has 2 aromatic carbocycles. The molecule has 0 aliphatic carbocycles. The minimum atomic E-state index is -0.717. The highest BCUT2D eigenvalue weighted by atomic mass is 16.6. The molecule has 0 bridgehead atoms. The third kappa shape index (κ3) is 5.39. The van der Waals surface area contributed by atoms with Gasteiger partial charge in [0.15, 0.2) is 13.2 Å². The number of amides is 1. The van der Waals surface area contributed by atoms with Crippen LogP contribution in [0.15, 0.2) is 60.7 Å². The van der Waals surface area contributed by atoms with Crippen LogP contribution in [0.1, 0.15) is 37.7 Å². The number of Topliss-reactive ketones (excluding diaryl/α,β-unsaturated/α-hetero) is 1. The molecule has 7 nitrogen and oxygen atoms in total. The summed E-state index contributed by atoms with van der Waals surface area (Å²) in [5.41, 5.74) is 8.85. The Morgan fingerprint density at radius 3 is 2.29 bits per heavy atom. The topological polar surface area (TPSA) is 101 Å². The largest absolute Gasteiger partial charge is 0.481 e. The molecule has 1 amide bonds. The van der Waals surface area contributed by atoms with Crippen LogP contribution < -0.4 is 10.5 Å². The summed E-state index contributed by atoms with van der Waals surface area (Å²) in [5.74, 6) is -1.49. The predicted molar refractivity (Wildman–Crippen MR) is 115 cm³/mol. The van der Waals surface area contributed by atoms with E-state index in [0.29, 0.717) is 12.1 Å². The van der Waals surface area contributed by atoms with Gasteiger partial charge in [0.05, 0.1) is 5.56 Å². The predicted octanol–water partition coefficient (Wildman–Crippen LogP) is 3.06. The van der Waals surface area contributed by atoms with Crippen LogP contribution >= 0.6 is 0 Å². The van der Waals surface area contributed by atoms with Gasteiger partial charge in [0.25, 0.3) is 5.91 Å². The number of aryl methyl sites for hydroxylation is 1. The molecule has 0 atom stereocenters. The Hall–Kier alpha value is -3.87. The summed E-state index contributed by atoms with van der Waals surface area (Å²) in [6.07, 6.45) is 0. The van der Waals surface area contributed by atoms with Crippen LogP contribution in [-0.2, 0) is 16.1 Å². The molecule has 0 aliphatic heterocycles. The van der Waals surface area contributed by atoms with E-state index in [-0.39, 0.29) is 17.1 Å². The second-order valence-corrected chi connectivity index (χ2v) is 7.09. The molecule has 0 spiro atoms. The average molecular weight is 420 g/mol. The summed E-state index contributed by atoms with van der Waals surface area (Å²) in [7, 11) is 0. The van der Waals surface area contributed by atoms with Gasteiger partial charge in [0.2, 0.25) is 5.78 Å². The molecule has 31 heavy (non-hydrogen) atoms. The number of benzene rings is 2. The summed E-state index contributed by atoms with van der Waals surface area (Å²) in [6.45, 7) is 3.62. The number of rotatable bonds is 9. The summed E-state index contributed by atoms with van der Waals surface area (Å²) < 4.78 is 12.4. The molecule has 7 heteroatoms. The van der Waals surface area contributed by atoms with Crippen molar-refractivity contribution in [3.8, 4) is 5.75 Å². The highest BCUT2D eigenvalue weighted by molar-refractivity contribution is 5.99. The highest BCUT2D eigenvalue weighted by Gasteiger charge is 2.18. The van der Waals surface area contributed by atoms with Gasteiger partial charge in [-0.1, -0.05) is 42.5 Å². The molecule has 3 aromatic rings. The summed E-state index contributed by atoms with van der Waals surface area (Å²) in [4.78, 5) is 36.0. The van der Waals surface area contributed by atoms with Gasteiger partial charge in [-0.05, 0) is 37.6 Å². The normalized spacial score (nSPS) is 10.5. The van der Waals surface area contributed by atoms with Crippen molar-refractivity contribution in [1.82, 2.24) is 4.57 Å². The van der Waals surface area contributed by atoms with Crippen molar-refractivity contribution in [2.24, 2.45) is 5.73 Å². The number of carbonyl (C=O) groups is 3. The first-order valence-electron chi connectivity index (χ1n) is 9.78. The maximum absolute atomic E-state index is 12.6. The van der Waals surface area contributed by atoms with E-state index in [0.717, 1.165) is 17.0 Å². The van der Waals surface area contributed by atoms with Gasteiger partial charge in [-0.2, -0.15) is 0 Å². The number of ketones is 1. The fourth-order valence-corrected chi connectivity index (χ4v) is 3.29. The van der Waals surface area contributed by atoms with Crippen molar-refractivity contribution in [2.75, 3.05) is 13.2 Å². The minimum Gasteiger partial charge on any atom is -0.481 e. The number of hydrogen-bond donors (Lipinski definition) is 1. The molecule has 0 aliphatic rings. The van der Waals surface area contributed by atoms with E-state index in [4.69, 9.17) is 15.2 Å². The van der Waals surface area contributed by atoms with Gasteiger partial charge in [0.1, 0.15) is 5.75 Å². The van der Waals surface area contributed by atoms with Crippen LogP contribution in [0, 0.1) is 13.8 Å². The molecular weight excluding hydrogens is 396 g/mol. The zero-order valence-corrected chi connectivity index (χ0v) is 17.5. The second kappa shape index (κ2) is 9.75. The van der Waals surface area contributed by atoms with Crippen LogP contribution in [-0.4, -0.2) is 35.4 Å². The molecular formula is C24H24N2O5. The average Bonchev–Trinajstić information content (AvgIpc) is 3.05. The van der Waals surface area contributed by atoms with Crippen molar-refractivity contribution in [1.29, 1.82) is 0 Å². The maximum Gasteiger partial charge on any atom is 0.344 e. The lowest BCUT2D eigenvalue weighted by atomic mass is 10.1. The Bertz CT molecular complexity index is 1100. The number of nitrogens with two attached hydrogens (primary N) is 1. The van der Waals surface area contributed by atoms with E-state index < -0.39 is 25.1 Å². The van der Waals surface area contributed by atoms with E-state index in [2.05, 4.69) is 0 Å². The number of aromatic nitrogens is 1. The molecule has 3 rings (SSSR count). The Labute approximate surface area is 180 Å². The van der Waals surface area contributed by atoms with Crippen molar-refractivity contribution in [3.05, 3.63) is 88.7 Å². The molecule has 0 saturated carbocycles. The monoisotopic (exact) mass is 420 g/mol. The quantitative estimate of drug-likeness (QED) is 0.424. The first-order chi connectivity index (χ1) is 14.9. The smallest absolute Gasteiger partial charge is 0.344 e. The lowest BCUT2D eigenvalue weighted by Crippen LogP contribution is -2.21. The van der Waals surface area contributed by atoms with Crippen molar-refractivity contribution in [3.63, 3.8) is 0 Å². The number of esters is 1. The second-order valence-electron chi connectivity index (χ2n) is 7.09. The molecule has 160 valence electrons. The Kier molecular flexibility index (Phi) is 6.87. The fourth-order valence-electron chi connectivity index (χ4n) is 3.29. The first-order valence-corrected chi connectivity index (χ1v) is 9.78. The minimum absolute atomic E-state index is 0.164. The number of nitrogens with zero attached hydrogens (tertiary/aromatic N) is 1. The lowest BCUT2D eigenvalue weighted by molar-refractivity contribution is -0.144. The maximum atomic E-state index is 12.6. The van der Waals surface area contributed by atoms with Gasteiger partial charge in [-0.25, -0.2) is 4.79 Å². The van der Waals surface area contributed by atoms with Gasteiger partial charge in [0, 0.05) is 23.5 Å². The lowest BCUT2D eigenvalue weighted by Gasteiger charge is -2.10. The molecule has 1 aromatic heterocycles. The van der Waals surface area contributed by atoms with Crippen molar-refractivity contribution >= 4 is 17.7 Å². The fraction of sp³-hybridized carbons (Fsp3) is 0.208. The number of primary amides is 1. The zero-order chi connectivity index (χ0) is 22.4. The number of ether oxygens (including phenoxy) is 2. The third-order valence-corrected chi connectivity index (χ3v) is 4.92. The van der Waals surface area contributed by atoms with Crippen LogP contribution in [0.2, 0.25) is 0 Å². The molecule has 0 radical (unpaired) electrons. The van der Waals surface area contributed by atoms with Crippen molar-refractivity contribution < 1.29 is 23.9 Å². The Balaban J connectivity index is 1.58. The zero-order valence-electron chi connectivity index (χ0n) is 17.5. The van der Waals surface area contributed by atoms with E-state index >= 15 is 0 Å². The standard InChI is InChI=1S/C24H24N2O5/c1-16-12-20(17(2)26(16)13-18-8-4-3-5-9-18)21(27)14-31-23(28)15-30-22-11-7-6-10-19(22)24(25)29/h3-12H,13-15H2,1-2H3,(H2,25,29). The van der Waals surface area contributed by atoms with E-state index in [1.54, 1.807) is 18.2 Å². The number of carbonyl (C=O) groups excluding carboxylic acids is 3. The molecule has 0 saturated heterocycles. The molecule has 2 N–H and O–H groups in total. The van der Waals surface area contributed by atoms with Crippen molar-refractivity contribution in [2.45, 2.75) is 20.4 Å². The summed E-state index contributed by atoms with van der Waals surface area (Å²) in [6, 6.07) is 18.1. The van der Waals surface area contributed by atoms with E-state index in [1.165, 1.54) is 12.1 Å². The molecule has 1 heterocycles. The van der Waals surface area contributed by atoms with Gasteiger partial charge in [-0.3, -0.25) is 9.59 Å². The van der Waals surface area contributed by atoms with Crippen LogP contribution in [0.3, 0.4) is 0 Å². The molecule has 0 fully saturated rings. The highest BCUT2D eigenvalue weighted by Crippen LogP contribution is 2.19. The SMILES string of the molecule is Cc1cc(C(=O)COC(=O)COc2ccccc2C(N)=O)c(C)n1Cc1ccccc1. The van der Waals surface area contributed by atoms with Crippen LogP contribution in [0.25, 0.3) is 0 Å². The molecule has 0 unspecified atom stereocenters.